The third-order valence-corrected chi connectivity index (χ3v) is 6.86. The second kappa shape index (κ2) is 11.0. The van der Waals surface area contributed by atoms with Gasteiger partial charge in [-0.1, -0.05) is 13.0 Å². The van der Waals surface area contributed by atoms with Crippen molar-refractivity contribution in [1.82, 2.24) is 29.5 Å². The minimum absolute atomic E-state index is 0.145. The molecule has 1 fully saturated rings. The lowest BCUT2D eigenvalue weighted by atomic mass is 10.1. The molecule has 214 valence electrons. The van der Waals surface area contributed by atoms with E-state index in [1.165, 1.54) is 11.4 Å². The average Bonchev–Trinajstić information content (AvgIpc) is 3.38. The summed E-state index contributed by atoms with van der Waals surface area (Å²) in [5, 5.41) is 10.2. The number of aromatic nitrogens is 5. The van der Waals surface area contributed by atoms with Gasteiger partial charge in [0.1, 0.15) is 12.2 Å². The van der Waals surface area contributed by atoms with Gasteiger partial charge in [0.15, 0.2) is 17.3 Å². The van der Waals surface area contributed by atoms with E-state index in [9.17, 15) is 27.2 Å². The van der Waals surface area contributed by atoms with E-state index < -0.39 is 23.6 Å². The van der Waals surface area contributed by atoms with Gasteiger partial charge >= 0.3 is 6.18 Å². The zero-order valence-electron chi connectivity index (χ0n) is 21.9. The summed E-state index contributed by atoms with van der Waals surface area (Å²) < 4.78 is 61.5. The van der Waals surface area contributed by atoms with Crippen LogP contribution in [0.25, 0.3) is 11.4 Å². The number of carbonyl (C=O) groups excluding carboxylic acids is 1. The van der Waals surface area contributed by atoms with Gasteiger partial charge in [0.25, 0.3) is 5.56 Å². The molecule has 0 radical (unpaired) electrons. The number of anilines is 2. The molecule has 2 aliphatic heterocycles. The molecule has 0 spiro atoms. The summed E-state index contributed by atoms with van der Waals surface area (Å²) in [4.78, 5) is 36.8. The number of nitrogens with one attached hydrogen (secondary N) is 2. The summed E-state index contributed by atoms with van der Waals surface area (Å²) in [5.41, 5.74) is -0.626. The minimum Gasteiger partial charge on any atom is -0.377 e. The Hall–Kier alpha value is -3.85. The Balaban J connectivity index is 1.58. The molecule has 5 rings (SSSR count). The minimum atomic E-state index is -4.97. The van der Waals surface area contributed by atoms with Crippen LogP contribution < -0.4 is 21.1 Å². The highest BCUT2D eigenvalue weighted by Gasteiger charge is 2.37. The summed E-state index contributed by atoms with van der Waals surface area (Å²) in [6.45, 7) is 6.09. The highest BCUT2D eigenvalue weighted by molar-refractivity contribution is 5.91. The first-order chi connectivity index (χ1) is 19.1. The Morgan fingerprint density at radius 1 is 1.23 bits per heavy atom. The SMILES string of the molecule is CCc1c(N2CCNCC2)c(=O)n2nc(C3=CCOCC3)nc2n1CC(=O)Nc1cc(F)c(C(F)(F)F)nc1C. The molecule has 2 N–H and O–H groups in total. The Morgan fingerprint density at radius 2 is 1.98 bits per heavy atom. The van der Waals surface area contributed by atoms with Crippen molar-refractivity contribution in [2.45, 2.75) is 39.4 Å². The van der Waals surface area contributed by atoms with E-state index in [1.54, 1.807) is 4.57 Å². The van der Waals surface area contributed by atoms with E-state index in [1.807, 2.05) is 17.9 Å². The lowest BCUT2D eigenvalue weighted by molar-refractivity contribution is -0.143. The fourth-order valence-electron chi connectivity index (χ4n) is 4.92. The second-order valence-electron chi connectivity index (χ2n) is 9.48. The van der Waals surface area contributed by atoms with E-state index >= 15 is 0 Å². The van der Waals surface area contributed by atoms with Gasteiger partial charge in [0.2, 0.25) is 11.7 Å². The molecule has 0 bridgehead atoms. The number of alkyl halides is 3. The lowest BCUT2D eigenvalue weighted by Gasteiger charge is -2.31. The molecule has 3 aromatic rings. The van der Waals surface area contributed by atoms with Gasteiger partial charge in [-0.05, 0) is 25.3 Å². The first-order valence-electron chi connectivity index (χ1n) is 12.9. The van der Waals surface area contributed by atoms with Crippen LogP contribution in [0.2, 0.25) is 0 Å². The van der Waals surface area contributed by atoms with Crippen LogP contribution in [0.15, 0.2) is 16.9 Å². The quantitative estimate of drug-likeness (QED) is 0.438. The number of piperazine rings is 1. The van der Waals surface area contributed by atoms with E-state index in [2.05, 4.69) is 25.7 Å². The number of amides is 1. The topological polar surface area (TPSA) is 119 Å². The van der Waals surface area contributed by atoms with Crippen molar-refractivity contribution in [2.75, 3.05) is 49.6 Å². The molecule has 0 unspecified atom stereocenters. The summed E-state index contributed by atoms with van der Waals surface area (Å²) in [6.07, 6.45) is -2.19. The maximum Gasteiger partial charge on any atom is 0.436 e. The molecule has 0 saturated carbocycles. The van der Waals surface area contributed by atoms with Crippen LogP contribution in [-0.2, 0) is 28.7 Å². The van der Waals surface area contributed by atoms with Gasteiger partial charge < -0.3 is 24.8 Å². The molecule has 3 aromatic heterocycles. The van der Waals surface area contributed by atoms with Gasteiger partial charge in [-0.25, -0.2) is 9.37 Å². The molecule has 2 aliphatic rings. The molecular weight excluding hydrogens is 536 g/mol. The van der Waals surface area contributed by atoms with E-state index in [-0.39, 0.29) is 29.3 Å². The highest BCUT2D eigenvalue weighted by atomic mass is 19.4. The predicted molar refractivity (Wildman–Crippen MR) is 138 cm³/mol. The van der Waals surface area contributed by atoms with Crippen molar-refractivity contribution >= 4 is 28.6 Å². The fraction of sp³-hybridized carbons (Fsp3) is 0.480. The summed E-state index contributed by atoms with van der Waals surface area (Å²) in [6, 6.07) is 0.601. The van der Waals surface area contributed by atoms with Crippen LogP contribution >= 0.6 is 0 Å². The number of nitrogens with zero attached hydrogens (tertiary/aromatic N) is 6. The molecule has 15 heteroatoms. The van der Waals surface area contributed by atoms with Crippen molar-refractivity contribution in [1.29, 1.82) is 0 Å². The zero-order chi connectivity index (χ0) is 28.6. The molecule has 40 heavy (non-hydrogen) atoms. The summed E-state index contributed by atoms with van der Waals surface area (Å²) in [7, 11) is 0. The first kappa shape index (κ1) is 27.7. The van der Waals surface area contributed by atoms with Gasteiger partial charge in [0, 0.05) is 32.2 Å². The monoisotopic (exact) mass is 564 g/mol. The molecule has 0 atom stereocenters. The molecule has 11 nitrogen and oxygen atoms in total. The number of pyridine rings is 1. The van der Waals surface area contributed by atoms with Crippen LogP contribution in [0.1, 0.15) is 36.3 Å². The van der Waals surface area contributed by atoms with Crippen LogP contribution in [-0.4, -0.2) is 69.4 Å². The third-order valence-electron chi connectivity index (χ3n) is 6.86. The van der Waals surface area contributed by atoms with Gasteiger partial charge in [-0.3, -0.25) is 9.59 Å². The Labute approximate surface area is 225 Å². The van der Waals surface area contributed by atoms with Crippen molar-refractivity contribution in [3.8, 4) is 0 Å². The van der Waals surface area contributed by atoms with Crippen molar-refractivity contribution in [3.63, 3.8) is 0 Å². The molecule has 1 saturated heterocycles. The molecule has 0 aromatic carbocycles. The van der Waals surface area contributed by atoms with Crippen LogP contribution in [0.3, 0.4) is 0 Å². The van der Waals surface area contributed by atoms with Gasteiger partial charge in [-0.15, -0.1) is 5.10 Å². The number of hydrogen-bond donors (Lipinski definition) is 2. The number of halogens is 4. The summed E-state index contributed by atoms with van der Waals surface area (Å²) >= 11 is 0. The maximum absolute atomic E-state index is 14.2. The second-order valence-corrected chi connectivity index (χ2v) is 9.48. The summed E-state index contributed by atoms with van der Waals surface area (Å²) in [5.74, 6) is -1.77. The number of ether oxygens (including phenoxy) is 1. The van der Waals surface area contributed by atoms with E-state index in [0.29, 0.717) is 75.5 Å². The van der Waals surface area contributed by atoms with Crippen LogP contribution in [0.5, 0.6) is 0 Å². The molecular formula is C25H28F4N8O3. The van der Waals surface area contributed by atoms with Crippen molar-refractivity contribution in [3.05, 3.63) is 51.2 Å². The number of fused-ring (bicyclic) bond motifs is 1. The van der Waals surface area contributed by atoms with Crippen molar-refractivity contribution in [2.24, 2.45) is 0 Å². The number of aryl methyl sites for hydroxylation is 1. The van der Waals surface area contributed by atoms with Gasteiger partial charge in [-0.2, -0.15) is 22.7 Å². The molecule has 5 heterocycles. The average molecular weight is 565 g/mol. The lowest BCUT2D eigenvalue weighted by Crippen LogP contribution is -2.47. The molecule has 1 amide bonds. The first-order valence-corrected chi connectivity index (χ1v) is 12.9. The normalized spacial score (nSPS) is 16.4. The third kappa shape index (κ3) is 5.30. The number of carbonyl (C=O) groups is 1. The Morgan fingerprint density at radius 3 is 2.62 bits per heavy atom. The smallest absolute Gasteiger partial charge is 0.377 e. The Kier molecular flexibility index (Phi) is 7.59. The maximum atomic E-state index is 14.2. The fourth-order valence-corrected chi connectivity index (χ4v) is 4.92. The largest absolute Gasteiger partial charge is 0.436 e. The van der Waals surface area contributed by atoms with E-state index in [0.717, 1.165) is 5.57 Å². The van der Waals surface area contributed by atoms with Crippen molar-refractivity contribution < 1.29 is 27.1 Å². The van der Waals surface area contributed by atoms with Gasteiger partial charge in [0.05, 0.1) is 30.3 Å². The number of rotatable bonds is 6. The number of hydrogen-bond acceptors (Lipinski definition) is 8. The Bertz CT molecular complexity index is 1540. The standard InChI is InChI=1S/C25H28F4N8O3/c1-3-18-20(35-8-6-30-7-9-35)23(39)37-24(33-22(34-37)15-4-10-40-11-5-15)36(18)13-19(38)32-17-12-16(26)21(25(27,28)29)31-14(17)2/h4,12,30H,3,5-11,13H2,1-2H3,(H,32,38). The predicted octanol–water partition coefficient (Wildman–Crippen LogP) is 2.17. The highest BCUT2D eigenvalue weighted by Crippen LogP contribution is 2.32. The van der Waals surface area contributed by atoms with Crippen LogP contribution in [0, 0.1) is 12.7 Å². The van der Waals surface area contributed by atoms with Crippen LogP contribution in [0.4, 0.5) is 28.9 Å². The van der Waals surface area contributed by atoms with E-state index in [4.69, 9.17) is 4.74 Å². The zero-order valence-corrected chi connectivity index (χ0v) is 21.9. The molecule has 0 aliphatic carbocycles.